The van der Waals surface area contributed by atoms with Gasteiger partial charge in [0, 0.05) is 20.5 Å². The predicted molar refractivity (Wildman–Crippen MR) is 64.0 cm³/mol. The largest absolute Gasteiger partial charge is 0.298 e. The second-order valence-corrected chi connectivity index (χ2v) is 4.93. The van der Waals surface area contributed by atoms with E-state index in [2.05, 4.69) is 0 Å². The first kappa shape index (κ1) is 10.0. The van der Waals surface area contributed by atoms with Crippen molar-refractivity contribution in [1.29, 1.82) is 0 Å². The molecule has 0 unspecified atom stereocenters. The van der Waals surface area contributed by atoms with E-state index in [0.717, 1.165) is 31.9 Å². The van der Waals surface area contributed by atoms with Crippen molar-refractivity contribution in [2.75, 3.05) is 6.26 Å². The minimum atomic E-state index is 0.719. The maximum Gasteiger partial charge on any atom is 0.152 e. The molecule has 1 aromatic heterocycles. The summed E-state index contributed by atoms with van der Waals surface area (Å²) in [5.74, 6) is 0. The van der Waals surface area contributed by atoms with Gasteiger partial charge in [-0.25, -0.2) is 0 Å². The number of thiophene rings is 1. The highest BCUT2D eigenvalue weighted by Gasteiger charge is 2.10. The second-order valence-electron chi connectivity index (χ2n) is 2.76. The fraction of sp³-hybridized carbons (Fsp3) is 0.100. The normalized spacial score (nSPS) is 10.7. The van der Waals surface area contributed by atoms with Crippen molar-refractivity contribution in [2.45, 2.75) is 4.90 Å². The van der Waals surface area contributed by atoms with Gasteiger partial charge in [0.1, 0.15) is 0 Å². The lowest BCUT2D eigenvalue weighted by atomic mass is 10.2. The zero-order valence-electron chi connectivity index (χ0n) is 7.41. The number of aldehydes is 1. The molecule has 0 aliphatic rings. The van der Waals surface area contributed by atoms with E-state index in [4.69, 9.17) is 11.6 Å². The number of carbonyl (C=O) groups excluding carboxylic acids is 1. The van der Waals surface area contributed by atoms with Crippen molar-refractivity contribution in [2.24, 2.45) is 0 Å². The Morgan fingerprint density at radius 1 is 1.57 bits per heavy atom. The first-order valence-electron chi connectivity index (χ1n) is 3.96. The Morgan fingerprint density at radius 3 is 3.00 bits per heavy atom. The molecule has 0 spiro atoms. The minimum absolute atomic E-state index is 0.719. The molecule has 72 valence electrons. The number of fused-ring (bicyclic) bond motifs is 1. The van der Waals surface area contributed by atoms with Crippen LogP contribution in [0.1, 0.15) is 10.4 Å². The molecule has 0 aliphatic heterocycles. The van der Waals surface area contributed by atoms with Gasteiger partial charge in [-0.15, -0.1) is 23.1 Å². The molecule has 0 bridgehead atoms. The van der Waals surface area contributed by atoms with Crippen molar-refractivity contribution in [3.8, 4) is 0 Å². The van der Waals surface area contributed by atoms with Crippen LogP contribution in [0.15, 0.2) is 22.4 Å². The Labute approximate surface area is 95.1 Å². The third-order valence-corrected chi connectivity index (χ3v) is 4.07. The molecule has 1 nitrogen and oxygen atoms in total. The van der Waals surface area contributed by atoms with Crippen LogP contribution in [0, 0.1) is 0 Å². The maximum absolute atomic E-state index is 11.0. The summed E-state index contributed by atoms with van der Waals surface area (Å²) in [7, 11) is 0. The van der Waals surface area contributed by atoms with Gasteiger partial charge < -0.3 is 0 Å². The maximum atomic E-state index is 11.0. The number of hydrogen-bond donors (Lipinski definition) is 0. The molecule has 0 atom stereocenters. The summed E-state index contributed by atoms with van der Waals surface area (Å²) in [5, 5.41) is 3.64. The van der Waals surface area contributed by atoms with E-state index < -0.39 is 0 Å². The summed E-state index contributed by atoms with van der Waals surface area (Å²) in [6, 6.07) is 3.80. The molecule has 0 N–H and O–H groups in total. The van der Waals surface area contributed by atoms with E-state index in [0.29, 0.717) is 0 Å². The lowest BCUT2D eigenvalue weighted by molar-refractivity contribution is 0.112. The molecule has 1 aromatic carbocycles. The van der Waals surface area contributed by atoms with E-state index in [1.807, 2.05) is 23.8 Å². The van der Waals surface area contributed by atoms with Crippen molar-refractivity contribution in [1.82, 2.24) is 0 Å². The molecule has 0 saturated heterocycles. The molecular formula is C10H7ClOS2. The van der Waals surface area contributed by atoms with Crippen molar-refractivity contribution in [3.63, 3.8) is 0 Å². The molecule has 0 saturated carbocycles. The van der Waals surface area contributed by atoms with Gasteiger partial charge >= 0.3 is 0 Å². The van der Waals surface area contributed by atoms with Crippen LogP contribution in [-0.2, 0) is 0 Å². The second kappa shape index (κ2) is 3.93. The fourth-order valence-corrected chi connectivity index (χ4v) is 3.36. The van der Waals surface area contributed by atoms with E-state index >= 15 is 0 Å². The first-order valence-corrected chi connectivity index (χ1v) is 6.45. The Hall–Kier alpha value is -0.510. The van der Waals surface area contributed by atoms with E-state index in [1.165, 1.54) is 0 Å². The molecule has 2 rings (SSSR count). The average molecular weight is 243 g/mol. The summed E-state index contributed by atoms with van der Waals surface area (Å²) in [4.78, 5) is 11.9. The smallest absolute Gasteiger partial charge is 0.152 e. The molecule has 0 radical (unpaired) electrons. The molecule has 1 heterocycles. The van der Waals surface area contributed by atoms with Crippen molar-refractivity contribution < 1.29 is 4.79 Å². The van der Waals surface area contributed by atoms with Gasteiger partial charge in [0.25, 0.3) is 0 Å². The van der Waals surface area contributed by atoms with Crippen LogP contribution in [-0.4, -0.2) is 12.5 Å². The summed E-state index contributed by atoms with van der Waals surface area (Å²) in [6.45, 7) is 0. The highest BCUT2D eigenvalue weighted by molar-refractivity contribution is 7.98. The minimum Gasteiger partial charge on any atom is -0.298 e. The molecule has 2 aromatic rings. The molecule has 4 heteroatoms. The van der Waals surface area contributed by atoms with E-state index in [-0.39, 0.29) is 0 Å². The SMILES string of the molecule is CSc1cc(Cl)c2ccsc2c1C=O. The van der Waals surface area contributed by atoms with Crippen LogP contribution in [0.5, 0.6) is 0 Å². The van der Waals surface area contributed by atoms with Gasteiger partial charge in [-0.1, -0.05) is 11.6 Å². The van der Waals surface area contributed by atoms with Gasteiger partial charge in [0.2, 0.25) is 0 Å². The lowest BCUT2D eigenvalue weighted by Gasteiger charge is -2.03. The molecule has 0 fully saturated rings. The van der Waals surface area contributed by atoms with Crippen molar-refractivity contribution in [3.05, 3.63) is 28.1 Å². The summed E-state index contributed by atoms with van der Waals surface area (Å²) >= 11 is 9.19. The molecule has 0 amide bonds. The van der Waals surface area contributed by atoms with Gasteiger partial charge in [-0.2, -0.15) is 0 Å². The number of benzene rings is 1. The monoisotopic (exact) mass is 242 g/mol. The summed E-state index contributed by atoms with van der Waals surface area (Å²) in [6.07, 6.45) is 2.85. The molecule has 14 heavy (non-hydrogen) atoms. The lowest BCUT2D eigenvalue weighted by Crippen LogP contribution is -1.85. The topological polar surface area (TPSA) is 17.1 Å². The van der Waals surface area contributed by atoms with Gasteiger partial charge in [0.15, 0.2) is 6.29 Å². The first-order chi connectivity index (χ1) is 6.77. The van der Waals surface area contributed by atoms with Gasteiger partial charge in [-0.3, -0.25) is 4.79 Å². The Kier molecular flexibility index (Phi) is 2.81. The number of rotatable bonds is 2. The summed E-state index contributed by atoms with van der Waals surface area (Å²) < 4.78 is 0.983. The number of carbonyl (C=O) groups is 1. The standard InChI is InChI=1S/C10H7ClOS2/c1-13-9-4-8(11)6-2-3-14-10(6)7(9)5-12/h2-5H,1H3. The zero-order valence-corrected chi connectivity index (χ0v) is 9.80. The molecular weight excluding hydrogens is 236 g/mol. The highest BCUT2D eigenvalue weighted by Crippen LogP contribution is 2.36. The number of halogens is 1. The van der Waals surface area contributed by atoms with Crippen LogP contribution in [0.25, 0.3) is 10.1 Å². The van der Waals surface area contributed by atoms with Crippen LogP contribution in [0.3, 0.4) is 0 Å². The van der Waals surface area contributed by atoms with Crippen LogP contribution in [0.4, 0.5) is 0 Å². The molecule has 0 aliphatic carbocycles. The third-order valence-electron chi connectivity index (χ3n) is 2.03. The Balaban J connectivity index is 2.88. The Morgan fingerprint density at radius 2 is 2.36 bits per heavy atom. The van der Waals surface area contributed by atoms with E-state index in [1.54, 1.807) is 23.1 Å². The average Bonchev–Trinajstić information content (AvgIpc) is 2.66. The zero-order chi connectivity index (χ0) is 10.1. The number of hydrogen-bond acceptors (Lipinski definition) is 3. The number of thioether (sulfide) groups is 1. The van der Waals surface area contributed by atoms with Crippen LogP contribution < -0.4 is 0 Å². The fourth-order valence-electron chi connectivity index (χ4n) is 1.37. The van der Waals surface area contributed by atoms with Crippen molar-refractivity contribution >= 4 is 51.1 Å². The summed E-state index contributed by atoms with van der Waals surface area (Å²) in [5.41, 5.74) is 0.756. The third kappa shape index (κ3) is 1.45. The van der Waals surface area contributed by atoms with Crippen LogP contribution >= 0.6 is 34.7 Å². The predicted octanol–water partition coefficient (Wildman–Crippen LogP) is 4.09. The van der Waals surface area contributed by atoms with Gasteiger partial charge in [-0.05, 0) is 23.8 Å². The van der Waals surface area contributed by atoms with Crippen LogP contribution in [0.2, 0.25) is 5.02 Å². The highest BCUT2D eigenvalue weighted by atomic mass is 35.5. The van der Waals surface area contributed by atoms with E-state index in [9.17, 15) is 4.79 Å². The Bertz CT molecular complexity index is 490. The quantitative estimate of drug-likeness (QED) is 0.583. The van der Waals surface area contributed by atoms with Gasteiger partial charge in [0.05, 0.1) is 5.02 Å².